The zero-order valence-corrected chi connectivity index (χ0v) is 9.44. The van der Waals surface area contributed by atoms with E-state index in [9.17, 15) is 13.6 Å². The van der Waals surface area contributed by atoms with Crippen molar-refractivity contribution in [1.29, 1.82) is 0 Å². The second-order valence-electron chi connectivity index (χ2n) is 4.87. The molecule has 1 rings (SSSR count). The summed E-state index contributed by atoms with van der Waals surface area (Å²) in [5, 5.41) is 3.02. The summed E-state index contributed by atoms with van der Waals surface area (Å²) in [5.41, 5.74) is -1.32. The average Bonchev–Trinajstić information content (AvgIpc) is 2.16. The van der Waals surface area contributed by atoms with Crippen LogP contribution in [0.25, 0.3) is 0 Å². The zero-order chi connectivity index (χ0) is 11.7. The van der Waals surface area contributed by atoms with Crippen molar-refractivity contribution in [2.45, 2.75) is 26.7 Å². The predicted octanol–water partition coefficient (Wildman–Crippen LogP) is 1.10. The molecule has 3 nitrogen and oxygen atoms in total. The van der Waals surface area contributed by atoms with Gasteiger partial charge in [-0.3, -0.25) is 4.79 Å². The van der Waals surface area contributed by atoms with Crippen molar-refractivity contribution in [3.05, 3.63) is 0 Å². The fourth-order valence-electron chi connectivity index (χ4n) is 1.39. The number of halogens is 2. The van der Waals surface area contributed by atoms with Crippen LogP contribution in [-0.4, -0.2) is 42.9 Å². The summed E-state index contributed by atoms with van der Waals surface area (Å²) in [7, 11) is 0. The Kier molecular flexibility index (Phi) is 3.33. The van der Waals surface area contributed by atoms with Crippen LogP contribution >= 0.6 is 0 Å². The summed E-state index contributed by atoms with van der Waals surface area (Å²) < 4.78 is 27.4. The molecule has 1 aliphatic rings. The Hall–Kier alpha value is -0.710. The van der Waals surface area contributed by atoms with Crippen LogP contribution in [0.15, 0.2) is 0 Å². The van der Waals surface area contributed by atoms with Crippen LogP contribution in [0, 0.1) is 5.41 Å². The molecule has 88 valence electrons. The van der Waals surface area contributed by atoms with Gasteiger partial charge in [-0.25, -0.2) is 0 Å². The molecule has 1 aliphatic heterocycles. The first kappa shape index (κ1) is 12.4. The Morgan fingerprint density at radius 2 is 1.67 bits per heavy atom. The molecule has 0 aromatic carbocycles. The molecule has 1 saturated heterocycles. The van der Waals surface area contributed by atoms with Crippen LogP contribution < -0.4 is 5.32 Å². The maximum Gasteiger partial charge on any atom is 0.329 e. The van der Waals surface area contributed by atoms with Crippen molar-refractivity contribution in [1.82, 2.24) is 10.2 Å². The summed E-state index contributed by atoms with van der Waals surface area (Å²) in [4.78, 5) is 12.9. The summed E-state index contributed by atoms with van der Waals surface area (Å²) in [6.45, 7) is 6.06. The highest BCUT2D eigenvalue weighted by atomic mass is 19.3. The summed E-state index contributed by atoms with van der Waals surface area (Å²) >= 11 is 0. The fourth-order valence-corrected chi connectivity index (χ4v) is 1.39. The van der Waals surface area contributed by atoms with Crippen molar-refractivity contribution in [3.8, 4) is 0 Å². The SMILES string of the molecule is CC(C)(C)C(F)(F)C(=O)N1CCNCC1. The molecule has 1 N–H and O–H groups in total. The van der Waals surface area contributed by atoms with Gasteiger partial charge in [0.25, 0.3) is 5.91 Å². The highest BCUT2D eigenvalue weighted by Crippen LogP contribution is 2.37. The molecular weight excluding hydrogens is 202 g/mol. The number of nitrogens with one attached hydrogen (secondary N) is 1. The number of amides is 1. The van der Waals surface area contributed by atoms with E-state index in [1.54, 1.807) is 0 Å². The van der Waals surface area contributed by atoms with Crippen LogP contribution in [0.1, 0.15) is 20.8 Å². The van der Waals surface area contributed by atoms with Gasteiger partial charge in [0.2, 0.25) is 0 Å². The molecule has 0 aromatic heterocycles. The number of nitrogens with zero attached hydrogens (tertiary/aromatic N) is 1. The van der Waals surface area contributed by atoms with E-state index in [-0.39, 0.29) is 0 Å². The second kappa shape index (κ2) is 4.04. The van der Waals surface area contributed by atoms with Gasteiger partial charge < -0.3 is 10.2 Å². The van der Waals surface area contributed by atoms with Gasteiger partial charge in [-0.2, -0.15) is 8.78 Å². The van der Waals surface area contributed by atoms with E-state index < -0.39 is 17.2 Å². The Bertz CT molecular complexity index is 242. The van der Waals surface area contributed by atoms with Gasteiger partial charge in [-0.15, -0.1) is 0 Å². The lowest BCUT2D eigenvalue weighted by Crippen LogP contribution is -2.55. The van der Waals surface area contributed by atoms with Crippen molar-refractivity contribution in [2.24, 2.45) is 5.41 Å². The summed E-state index contributed by atoms with van der Waals surface area (Å²) in [6, 6.07) is 0. The quantitative estimate of drug-likeness (QED) is 0.717. The Morgan fingerprint density at radius 3 is 2.07 bits per heavy atom. The summed E-state index contributed by atoms with van der Waals surface area (Å²) in [5.74, 6) is -4.33. The van der Waals surface area contributed by atoms with E-state index in [1.165, 1.54) is 25.7 Å². The molecule has 0 saturated carbocycles. The minimum Gasteiger partial charge on any atom is -0.335 e. The topological polar surface area (TPSA) is 32.3 Å². The second-order valence-corrected chi connectivity index (χ2v) is 4.87. The highest BCUT2D eigenvalue weighted by Gasteiger charge is 2.52. The normalized spacial score (nSPS) is 19.1. The van der Waals surface area contributed by atoms with E-state index in [0.717, 1.165) is 0 Å². The largest absolute Gasteiger partial charge is 0.335 e. The smallest absolute Gasteiger partial charge is 0.329 e. The molecule has 15 heavy (non-hydrogen) atoms. The maximum absolute atomic E-state index is 13.7. The highest BCUT2D eigenvalue weighted by molar-refractivity contribution is 5.84. The molecular formula is C10H18F2N2O. The Labute approximate surface area is 88.8 Å². The molecule has 0 bridgehead atoms. The molecule has 0 aliphatic carbocycles. The minimum absolute atomic E-state index is 0.366. The number of alkyl halides is 2. The number of hydrogen-bond acceptors (Lipinski definition) is 2. The molecule has 0 aromatic rings. The van der Waals surface area contributed by atoms with Gasteiger partial charge in [-0.05, 0) is 0 Å². The lowest BCUT2D eigenvalue weighted by Gasteiger charge is -2.35. The number of carbonyl (C=O) groups is 1. The first-order valence-electron chi connectivity index (χ1n) is 5.15. The van der Waals surface area contributed by atoms with Gasteiger partial charge in [0.05, 0.1) is 0 Å². The molecule has 0 unspecified atom stereocenters. The Balaban J connectivity index is 2.74. The van der Waals surface area contributed by atoms with Gasteiger partial charge in [0.1, 0.15) is 0 Å². The van der Waals surface area contributed by atoms with E-state index in [2.05, 4.69) is 5.32 Å². The standard InChI is InChI=1S/C10H18F2N2O/c1-9(2,3)10(11,12)8(15)14-6-4-13-5-7-14/h13H,4-7H2,1-3H3. The van der Waals surface area contributed by atoms with Crippen molar-refractivity contribution < 1.29 is 13.6 Å². The third-order valence-electron chi connectivity index (χ3n) is 2.61. The van der Waals surface area contributed by atoms with E-state index in [4.69, 9.17) is 0 Å². The molecule has 1 heterocycles. The number of carbonyl (C=O) groups excluding carboxylic acids is 1. The van der Waals surface area contributed by atoms with Crippen LogP contribution in [0.4, 0.5) is 8.78 Å². The van der Waals surface area contributed by atoms with Crippen molar-refractivity contribution >= 4 is 5.91 Å². The average molecular weight is 220 g/mol. The van der Waals surface area contributed by atoms with Gasteiger partial charge in [-0.1, -0.05) is 20.8 Å². The maximum atomic E-state index is 13.7. The number of rotatable bonds is 1. The molecule has 1 amide bonds. The number of piperazine rings is 1. The van der Waals surface area contributed by atoms with Gasteiger partial charge in [0.15, 0.2) is 0 Å². The van der Waals surface area contributed by atoms with Crippen molar-refractivity contribution in [3.63, 3.8) is 0 Å². The van der Waals surface area contributed by atoms with E-state index in [1.807, 2.05) is 0 Å². The van der Waals surface area contributed by atoms with Crippen LogP contribution in [0.3, 0.4) is 0 Å². The fraction of sp³-hybridized carbons (Fsp3) is 0.900. The van der Waals surface area contributed by atoms with Gasteiger partial charge in [0, 0.05) is 31.6 Å². The van der Waals surface area contributed by atoms with E-state index in [0.29, 0.717) is 26.2 Å². The Morgan fingerprint density at radius 1 is 1.20 bits per heavy atom. The van der Waals surface area contributed by atoms with E-state index >= 15 is 0 Å². The van der Waals surface area contributed by atoms with Crippen LogP contribution in [0.2, 0.25) is 0 Å². The molecule has 5 heteroatoms. The predicted molar refractivity (Wildman–Crippen MR) is 53.9 cm³/mol. The first-order valence-corrected chi connectivity index (χ1v) is 5.15. The zero-order valence-electron chi connectivity index (χ0n) is 9.44. The van der Waals surface area contributed by atoms with Crippen LogP contribution in [-0.2, 0) is 4.79 Å². The van der Waals surface area contributed by atoms with Gasteiger partial charge >= 0.3 is 5.92 Å². The summed E-state index contributed by atoms with van der Waals surface area (Å²) in [6.07, 6.45) is 0. The van der Waals surface area contributed by atoms with Crippen molar-refractivity contribution in [2.75, 3.05) is 26.2 Å². The molecule has 0 spiro atoms. The third-order valence-corrected chi connectivity index (χ3v) is 2.61. The van der Waals surface area contributed by atoms with Crippen LogP contribution in [0.5, 0.6) is 0 Å². The number of hydrogen-bond donors (Lipinski definition) is 1. The lowest BCUT2D eigenvalue weighted by molar-refractivity contribution is -0.174. The minimum atomic E-state index is -3.29. The molecule has 0 atom stereocenters. The first-order chi connectivity index (χ1) is 6.77. The monoisotopic (exact) mass is 220 g/mol. The molecule has 0 radical (unpaired) electrons. The lowest BCUT2D eigenvalue weighted by atomic mass is 9.87. The molecule has 1 fully saturated rings. The third kappa shape index (κ3) is 2.45.